The smallest absolute Gasteiger partial charge is 0.304 e. The van der Waals surface area contributed by atoms with Crippen LogP contribution >= 0.6 is 0 Å². The number of carbonyl (C=O) groups excluding carboxylic acids is 1. The Bertz CT molecular complexity index is 193. The van der Waals surface area contributed by atoms with Crippen LogP contribution in [0, 0.1) is 11.8 Å². The minimum atomic E-state index is -0.637. The second-order valence-corrected chi connectivity index (χ2v) is 2.76. The molecule has 62 valence electrons. The van der Waals surface area contributed by atoms with Crippen molar-refractivity contribution in [1.29, 1.82) is 0 Å². The van der Waals surface area contributed by atoms with E-state index in [0.29, 0.717) is 0 Å². The molecule has 0 rings (SSSR count). The normalized spacial score (nSPS) is 9.82. The van der Waals surface area contributed by atoms with Gasteiger partial charge < -0.3 is 4.74 Å². The first-order valence-corrected chi connectivity index (χ1v) is 3.67. The van der Waals surface area contributed by atoms with Crippen LogP contribution in [0.4, 0.5) is 0 Å². The zero-order valence-corrected chi connectivity index (χ0v) is 7.52. The summed E-state index contributed by atoms with van der Waals surface area (Å²) in [7, 11) is 0. The molecule has 0 aliphatic heterocycles. The predicted molar refractivity (Wildman–Crippen MR) is 43.9 cm³/mol. The van der Waals surface area contributed by atoms with Crippen molar-refractivity contribution in [2.45, 2.75) is 39.7 Å². The maximum absolute atomic E-state index is 10.5. The Morgan fingerprint density at radius 3 is 2.45 bits per heavy atom. The first-order chi connectivity index (χ1) is 4.98. The number of rotatable bonds is 1. The lowest BCUT2D eigenvalue weighted by Crippen LogP contribution is -2.24. The SMILES string of the molecule is CCC#CC(C)(C)OC(C)=O. The molecule has 0 unspecified atom stereocenters. The van der Waals surface area contributed by atoms with Gasteiger partial charge in [-0.25, -0.2) is 0 Å². The van der Waals surface area contributed by atoms with E-state index in [9.17, 15) is 4.79 Å². The third-order valence-corrected chi connectivity index (χ3v) is 0.965. The van der Waals surface area contributed by atoms with Gasteiger partial charge >= 0.3 is 5.97 Å². The van der Waals surface area contributed by atoms with Gasteiger partial charge in [0.15, 0.2) is 5.60 Å². The van der Waals surface area contributed by atoms with Gasteiger partial charge in [-0.05, 0) is 13.8 Å². The molecule has 2 nitrogen and oxygen atoms in total. The molecule has 0 aliphatic carbocycles. The van der Waals surface area contributed by atoms with E-state index in [0.717, 1.165) is 6.42 Å². The average molecular weight is 154 g/mol. The molecule has 0 saturated carbocycles. The van der Waals surface area contributed by atoms with Gasteiger partial charge in [0.1, 0.15) is 0 Å². The molecule has 0 heterocycles. The van der Waals surface area contributed by atoms with E-state index < -0.39 is 5.60 Å². The summed E-state index contributed by atoms with van der Waals surface area (Å²) in [6, 6.07) is 0. The molecule has 0 spiro atoms. The largest absolute Gasteiger partial charge is 0.447 e. The molecule has 0 atom stereocenters. The van der Waals surface area contributed by atoms with Crippen molar-refractivity contribution in [2.75, 3.05) is 0 Å². The highest BCUT2D eigenvalue weighted by molar-refractivity contribution is 5.66. The third-order valence-electron chi connectivity index (χ3n) is 0.965. The molecule has 2 heteroatoms. The fourth-order valence-electron chi connectivity index (χ4n) is 0.686. The van der Waals surface area contributed by atoms with Crippen LogP contribution in [0.1, 0.15) is 34.1 Å². The predicted octanol–water partition coefficient (Wildman–Crippen LogP) is 1.74. The van der Waals surface area contributed by atoms with Crippen LogP contribution in [0.15, 0.2) is 0 Å². The van der Waals surface area contributed by atoms with E-state index in [1.807, 2.05) is 6.92 Å². The van der Waals surface area contributed by atoms with Crippen molar-refractivity contribution in [2.24, 2.45) is 0 Å². The van der Waals surface area contributed by atoms with E-state index in [2.05, 4.69) is 11.8 Å². The molecule has 0 aromatic heterocycles. The summed E-state index contributed by atoms with van der Waals surface area (Å²) in [6.45, 7) is 6.89. The second kappa shape index (κ2) is 4.02. The Morgan fingerprint density at radius 1 is 1.55 bits per heavy atom. The lowest BCUT2D eigenvalue weighted by Gasteiger charge is -2.16. The van der Waals surface area contributed by atoms with Crippen molar-refractivity contribution in [1.82, 2.24) is 0 Å². The molecular weight excluding hydrogens is 140 g/mol. The standard InChI is InChI=1S/C9H14O2/c1-5-6-7-9(3,4)11-8(2)10/h5H2,1-4H3. The van der Waals surface area contributed by atoms with Gasteiger partial charge in [-0.15, -0.1) is 0 Å². The molecule has 0 amide bonds. The van der Waals surface area contributed by atoms with Crippen molar-refractivity contribution in [3.63, 3.8) is 0 Å². The van der Waals surface area contributed by atoms with E-state index >= 15 is 0 Å². The Hall–Kier alpha value is -0.970. The van der Waals surface area contributed by atoms with Crippen LogP contribution in [-0.4, -0.2) is 11.6 Å². The summed E-state index contributed by atoms with van der Waals surface area (Å²) in [5, 5.41) is 0. The first-order valence-electron chi connectivity index (χ1n) is 3.67. The summed E-state index contributed by atoms with van der Waals surface area (Å²) in [6.07, 6.45) is 0.782. The summed E-state index contributed by atoms with van der Waals surface area (Å²) in [5.41, 5.74) is -0.637. The minimum Gasteiger partial charge on any atom is -0.447 e. The highest BCUT2D eigenvalue weighted by Crippen LogP contribution is 2.06. The first kappa shape index (κ1) is 10.0. The van der Waals surface area contributed by atoms with Crippen LogP contribution in [0.3, 0.4) is 0 Å². The van der Waals surface area contributed by atoms with Gasteiger partial charge in [0.2, 0.25) is 0 Å². The number of esters is 1. The summed E-state index contributed by atoms with van der Waals surface area (Å²) >= 11 is 0. The zero-order chi connectivity index (χ0) is 8.91. The Labute approximate surface area is 67.9 Å². The Balaban J connectivity index is 4.10. The van der Waals surface area contributed by atoms with Gasteiger partial charge in [0.25, 0.3) is 0 Å². The van der Waals surface area contributed by atoms with Crippen LogP contribution < -0.4 is 0 Å². The molecule has 0 N–H and O–H groups in total. The fourth-order valence-corrected chi connectivity index (χ4v) is 0.686. The highest BCUT2D eigenvalue weighted by Gasteiger charge is 2.16. The topological polar surface area (TPSA) is 26.3 Å². The quantitative estimate of drug-likeness (QED) is 0.425. The molecule has 0 aliphatic rings. The Morgan fingerprint density at radius 2 is 2.09 bits per heavy atom. The minimum absolute atomic E-state index is 0.291. The summed E-state index contributed by atoms with van der Waals surface area (Å²) in [5.74, 6) is 5.42. The van der Waals surface area contributed by atoms with Crippen molar-refractivity contribution in [3.05, 3.63) is 0 Å². The van der Waals surface area contributed by atoms with Crippen LogP contribution in [0.2, 0.25) is 0 Å². The molecular formula is C9H14O2. The van der Waals surface area contributed by atoms with Crippen molar-refractivity contribution >= 4 is 5.97 Å². The number of hydrogen-bond donors (Lipinski definition) is 0. The van der Waals surface area contributed by atoms with Crippen LogP contribution in [0.25, 0.3) is 0 Å². The van der Waals surface area contributed by atoms with Crippen molar-refractivity contribution in [3.8, 4) is 11.8 Å². The van der Waals surface area contributed by atoms with E-state index in [-0.39, 0.29) is 5.97 Å². The lowest BCUT2D eigenvalue weighted by atomic mass is 10.1. The van der Waals surface area contributed by atoms with Gasteiger partial charge in [-0.3, -0.25) is 4.79 Å². The molecule has 0 fully saturated rings. The molecule has 0 radical (unpaired) electrons. The van der Waals surface area contributed by atoms with Crippen LogP contribution in [0.5, 0.6) is 0 Å². The lowest BCUT2D eigenvalue weighted by molar-refractivity contribution is -0.148. The molecule has 0 saturated heterocycles. The number of hydrogen-bond acceptors (Lipinski definition) is 2. The summed E-state index contributed by atoms with van der Waals surface area (Å²) in [4.78, 5) is 10.5. The van der Waals surface area contributed by atoms with Gasteiger partial charge in [0.05, 0.1) is 0 Å². The van der Waals surface area contributed by atoms with Crippen LogP contribution in [-0.2, 0) is 9.53 Å². The third kappa shape index (κ3) is 5.47. The van der Waals surface area contributed by atoms with Gasteiger partial charge in [-0.2, -0.15) is 0 Å². The maximum Gasteiger partial charge on any atom is 0.304 e. The van der Waals surface area contributed by atoms with E-state index in [4.69, 9.17) is 4.74 Å². The van der Waals surface area contributed by atoms with Gasteiger partial charge in [0, 0.05) is 13.3 Å². The molecule has 0 aromatic carbocycles. The zero-order valence-electron chi connectivity index (χ0n) is 7.52. The van der Waals surface area contributed by atoms with Crippen molar-refractivity contribution < 1.29 is 9.53 Å². The van der Waals surface area contributed by atoms with E-state index in [1.165, 1.54) is 6.92 Å². The number of carbonyl (C=O) groups is 1. The number of ether oxygens (including phenoxy) is 1. The average Bonchev–Trinajstić information content (AvgIpc) is 1.81. The van der Waals surface area contributed by atoms with Gasteiger partial charge in [-0.1, -0.05) is 18.8 Å². The summed E-state index contributed by atoms with van der Waals surface area (Å²) < 4.78 is 4.93. The monoisotopic (exact) mass is 154 g/mol. The maximum atomic E-state index is 10.5. The van der Waals surface area contributed by atoms with E-state index in [1.54, 1.807) is 13.8 Å². The molecule has 11 heavy (non-hydrogen) atoms. The highest BCUT2D eigenvalue weighted by atomic mass is 16.6. The fraction of sp³-hybridized carbons (Fsp3) is 0.667. The molecule has 0 bridgehead atoms. The molecule has 0 aromatic rings. The Kier molecular flexibility index (Phi) is 3.67. The second-order valence-electron chi connectivity index (χ2n) is 2.76.